The highest BCUT2D eigenvalue weighted by Crippen LogP contribution is 2.36. The fourth-order valence-electron chi connectivity index (χ4n) is 2.13. The van der Waals surface area contributed by atoms with E-state index in [0.717, 1.165) is 10.9 Å². The molecule has 0 saturated carbocycles. The first-order valence-electron chi connectivity index (χ1n) is 5.96. The Bertz CT molecular complexity index is 654. The van der Waals surface area contributed by atoms with Gasteiger partial charge in [0, 0.05) is 5.38 Å². The number of nitrogens with zero attached hydrogens (tertiary/aromatic N) is 3. The molecule has 114 valence electrons. The van der Waals surface area contributed by atoms with Crippen LogP contribution in [0.1, 0.15) is 13.2 Å². The average Bonchev–Trinajstić information content (AvgIpc) is 2.64. The van der Waals surface area contributed by atoms with Crippen molar-refractivity contribution >= 4 is 17.4 Å². The summed E-state index contributed by atoms with van der Waals surface area (Å²) in [6.45, 7) is 1.41. The Kier molecular flexibility index (Phi) is 4.18. The predicted molar refractivity (Wildman–Crippen MR) is 72.8 cm³/mol. The van der Waals surface area contributed by atoms with Gasteiger partial charge in [-0.2, -0.15) is 14.8 Å². The predicted octanol–water partition coefficient (Wildman–Crippen LogP) is -2.24. The zero-order valence-corrected chi connectivity index (χ0v) is 11.7. The molecule has 1 saturated heterocycles. The first-order chi connectivity index (χ1) is 9.81. The van der Waals surface area contributed by atoms with Gasteiger partial charge < -0.3 is 26.4 Å². The summed E-state index contributed by atoms with van der Waals surface area (Å²) >= 11 is 5.37. The van der Waals surface area contributed by atoms with Gasteiger partial charge in [0.25, 0.3) is 0 Å². The lowest BCUT2D eigenvalue weighted by Gasteiger charge is -2.26. The van der Waals surface area contributed by atoms with Gasteiger partial charge in [0.15, 0.2) is 11.8 Å². The lowest BCUT2D eigenvalue weighted by molar-refractivity contribution is -0.0816. The van der Waals surface area contributed by atoms with Crippen LogP contribution in [0.5, 0.6) is 0 Å². The molecule has 0 aromatic carbocycles. The number of aromatic nitrogens is 3. The molecular weight excluding hydrogens is 302 g/mol. The quantitative estimate of drug-likeness (QED) is 0.447. The maximum Gasteiger partial charge on any atom is 0.368 e. The minimum absolute atomic E-state index is 0.0760. The lowest BCUT2D eigenvalue weighted by Crippen LogP contribution is -2.55. The van der Waals surface area contributed by atoms with Gasteiger partial charge in [-0.3, -0.25) is 0 Å². The number of rotatable bonds is 2. The Labute approximate surface area is 124 Å². The van der Waals surface area contributed by atoms with E-state index in [2.05, 4.69) is 21.4 Å². The SMILES string of the molecule is C[C@H](O)[C@H]1O[C@@H](n2ncc(N)nc2=O)C(N)(C#CCl)[C@H]1O. The topological polar surface area (TPSA) is 150 Å². The molecule has 1 aromatic rings. The Morgan fingerprint density at radius 3 is 2.86 bits per heavy atom. The van der Waals surface area contributed by atoms with Crippen LogP contribution in [-0.4, -0.2) is 48.8 Å². The molecule has 21 heavy (non-hydrogen) atoms. The van der Waals surface area contributed by atoms with Gasteiger partial charge >= 0.3 is 5.69 Å². The molecule has 0 amide bonds. The summed E-state index contributed by atoms with van der Waals surface area (Å²) in [4.78, 5) is 15.4. The van der Waals surface area contributed by atoms with Crippen molar-refractivity contribution in [2.75, 3.05) is 5.73 Å². The van der Waals surface area contributed by atoms with Crippen LogP contribution in [0.25, 0.3) is 0 Å². The maximum atomic E-state index is 11.9. The summed E-state index contributed by atoms with van der Waals surface area (Å²) < 4.78 is 6.24. The third kappa shape index (κ3) is 2.59. The van der Waals surface area contributed by atoms with Gasteiger partial charge in [0.1, 0.15) is 18.0 Å². The summed E-state index contributed by atoms with van der Waals surface area (Å²) in [5.74, 6) is 2.32. The molecule has 5 atom stereocenters. The number of aliphatic hydroxyl groups excluding tert-OH is 2. The van der Waals surface area contributed by atoms with Gasteiger partial charge in [0.2, 0.25) is 0 Å². The van der Waals surface area contributed by atoms with Crippen LogP contribution in [-0.2, 0) is 4.74 Å². The number of anilines is 1. The molecule has 0 aliphatic carbocycles. The second kappa shape index (κ2) is 5.59. The normalized spacial score (nSPS) is 33.3. The second-order valence-corrected chi connectivity index (χ2v) is 4.89. The molecule has 1 fully saturated rings. The average molecular weight is 316 g/mol. The van der Waals surface area contributed by atoms with E-state index in [1.165, 1.54) is 6.92 Å². The van der Waals surface area contributed by atoms with Crippen LogP contribution >= 0.6 is 11.6 Å². The molecular formula is C11H14ClN5O4. The summed E-state index contributed by atoms with van der Waals surface area (Å²) in [7, 11) is 0. The van der Waals surface area contributed by atoms with Gasteiger partial charge in [-0.25, -0.2) is 4.79 Å². The molecule has 1 unspecified atom stereocenters. The zero-order valence-electron chi connectivity index (χ0n) is 11.0. The lowest BCUT2D eigenvalue weighted by atomic mass is 9.90. The van der Waals surface area contributed by atoms with E-state index in [1.54, 1.807) is 0 Å². The third-order valence-electron chi connectivity index (χ3n) is 3.19. The van der Waals surface area contributed by atoms with Crippen molar-refractivity contribution < 1.29 is 14.9 Å². The summed E-state index contributed by atoms with van der Waals surface area (Å²) in [6.07, 6.45) is -3.66. The minimum Gasteiger partial charge on any atom is -0.391 e. The minimum atomic E-state index is -1.74. The highest BCUT2D eigenvalue weighted by Gasteiger charge is 2.56. The second-order valence-electron chi connectivity index (χ2n) is 4.70. The monoisotopic (exact) mass is 315 g/mol. The van der Waals surface area contributed by atoms with Crippen LogP contribution in [0.15, 0.2) is 11.0 Å². The number of halogens is 1. The van der Waals surface area contributed by atoms with Crippen molar-refractivity contribution in [2.24, 2.45) is 5.73 Å². The molecule has 1 aliphatic heterocycles. The fraction of sp³-hybridized carbons (Fsp3) is 0.545. The molecule has 0 spiro atoms. The van der Waals surface area contributed by atoms with Crippen LogP contribution in [0, 0.1) is 11.3 Å². The van der Waals surface area contributed by atoms with Gasteiger partial charge in [0.05, 0.1) is 12.3 Å². The smallest absolute Gasteiger partial charge is 0.368 e. The fourth-order valence-corrected chi connectivity index (χ4v) is 2.29. The largest absolute Gasteiger partial charge is 0.391 e. The molecule has 9 nitrogen and oxygen atoms in total. The van der Waals surface area contributed by atoms with Crippen molar-refractivity contribution in [1.29, 1.82) is 0 Å². The molecule has 10 heteroatoms. The summed E-state index contributed by atoms with van der Waals surface area (Å²) in [5.41, 5.74) is 8.81. The number of nitrogen functional groups attached to an aromatic ring is 1. The Hall–Kier alpha value is -1.70. The van der Waals surface area contributed by atoms with Crippen LogP contribution < -0.4 is 17.2 Å². The number of aliphatic hydroxyl groups is 2. The van der Waals surface area contributed by atoms with Crippen molar-refractivity contribution in [2.45, 2.75) is 37.0 Å². The first-order valence-corrected chi connectivity index (χ1v) is 6.33. The molecule has 6 N–H and O–H groups in total. The van der Waals surface area contributed by atoms with Crippen molar-refractivity contribution in [3.8, 4) is 11.3 Å². The standard InChI is InChI=1S/C11H14ClN5O4/c1-5(18)7-8(19)11(14,2-3-12)9(21-7)17-10(20)16-6(13)4-15-17/h4-5,7-9,18-19H,14H2,1H3,(H2,13,16,20)/t5-,7+,8-,9+,11?/m0/s1. The summed E-state index contributed by atoms with van der Waals surface area (Å²) in [5, 5.41) is 25.7. The van der Waals surface area contributed by atoms with Gasteiger partial charge in [-0.15, -0.1) is 0 Å². The molecule has 0 bridgehead atoms. The van der Waals surface area contributed by atoms with Crippen LogP contribution in [0.3, 0.4) is 0 Å². The number of hydrogen-bond acceptors (Lipinski definition) is 8. The number of hydrogen-bond donors (Lipinski definition) is 4. The molecule has 1 aliphatic rings. The van der Waals surface area contributed by atoms with Gasteiger partial charge in [-0.1, -0.05) is 5.92 Å². The van der Waals surface area contributed by atoms with E-state index in [-0.39, 0.29) is 5.82 Å². The number of ether oxygens (including phenoxy) is 1. The van der Waals surface area contributed by atoms with E-state index < -0.39 is 35.8 Å². The van der Waals surface area contributed by atoms with E-state index in [9.17, 15) is 15.0 Å². The summed E-state index contributed by atoms with van der Waals surface area (Å²) in [6, 6.07) is 0. The highest BCUT2D eigenvalue weighted by molar-refractivity contribution is 6.30. The van der Waals surface area contributed by atoms with E-state index in [1.807, 2.05) is 0 Å². The Morgan fingerprint density at radius 1 is 1.67 bits per heavy atom. The molecule has 0 radical (unpaired) electrons. The van der Waals surface area contributed by atoms with Crippen molar-refractivity contribution in [1.82, 2.24) is 14.8 Å². The third-order valence-corrected chi connectivity index (χ3v) is 3.29. The van der Waals surface area contributed by atoms with Crippen molar-refractivity contribution in [3.05, 3.63) is 16.7 Å². The zero-order chi connectivity index (χ0) is 15.8. The Morgan fingerprint density at radius 2 is 2.33 bits per heavy atom. The molecule has 2 heterocycles. The first kappa shape index (κ1) is 15.7. The van der Waals surface area contributed by atoms with E-state index >= 15 is 0 Å². The van der Waals surface area contributed by atoms with Gasteiger partial charge in [-0.05, 0) is 18.5 Å². The maximum absolute atomic E-state index is 11.9. The van der Waals surface area contributed by atoms with E-state index in [4.69, 9.17) is 27.8 Å². The van der Waals surface area contributed by atoms with Crippen LogP contribution in [0.2, 0.25) is 0 Å². The molecule has 2 rings (SSSR count). The van der Waals surface area contributed by atoms with Crippen molar-refractivity contribution in [3.63, 3.8) is 0 Å². The Balaban J connectivity index is 2.54. The van der Waals surface area contributed by atoms with E-state index in [0.29, 0.717) is 0 Å². The number of nitrogens with two attached hydrogens (primary N) is 2. The van der Waals surface area contributed by atoms with Crippen LogP contribution in [0.4, 0.5) is 5.82 Å². The highest BCUT2D eigenvalue weighted by atomic mass is 35.5. The molecule has 1 aromatic heterocycles.